The van der Waals surface area contributed by atoms with Crippen LogP contribution in [0.1, 0.15) is 21.8 Å². The third kappa shape index (κ3) is 2.78. The second kappa shape index (κ2) is 6.72. The molecule has 2 atom stereocenters. The summed E-state index contributed by atoms with van der Waals surface area (Å²) in [7, 11) is 0. The van der Waals surface area contributed by atoms with Gasteiger partial charge in [-0.2, -0.15) is 0 Å². The highest BCUT2D eigenvalue weighted by atomic mass is 16.2. The molecule has 1 saturated heterocycles. The van der Waals surface area contributed by atoms with Gasteiger partial charge in [-0.15, -0.1) is 0 Å². The summed E-state index contributed by atoms with van der Waals surface area (Å²) in [5, 5.41) is 0. The van der Waals surface area contributed by atoms with E-state index >= 15 is 0 Å². The highest BCUT2D eigenvalue weighted by Crippen LogP contribution is 2.32. The van der Waals surface area contributed by atoms with Crippen molar-refractivity contribution in [1.29, 1.82) is 0 Å². The number of fused-ring (bicyclic) bond motifs is 1. The number of aromatic nitrogens is 2. The minimum atomic E-state index is -0.340. The largest absolute Gasteiger partial charge is 0.337 e. The molecule has 1 amide bonds. The number of pyridine rings is 1. The Balaban J connectivity index is 1.65. The first kappa shape index (κ1) is 16.5. The van der Waals surface area contributed by atoms with Gasteiger partial charge >= 0.3 is 0 Å². The molecule has 1 aliphatic rings. The van der Waals surface area contributed by atoms with E-state index in [0.717, 1.165) is 0 Å². The first-order valence-corrected chi connectivity index (χ1v) is 8.69. The minimum Gasteiger partial charge on any atom is -0.337 e. The lowest BCUT2D eigenvalue weighted by atomic mass is 9.89. The smallest absolute Gasteiger partial charge is 0.270 e. The van der Waals surface area contributed by atoms with Crippen LogP contribution in [0.15, 0.2) is 65.7 Å². The van der Waals surface area contributed by atoms with Gasteiger partial charge in [-0.05, 0) is 30.2 Å². The van der Waals surface area contributed by atoms with Crippen LogP contribution in [0.3, 0.4) is 0 Å². The van der Waals surface area contributed by atoms with Crippen molar-refractivity contribution in [2.75, 3.05) is 19.6 Å². The van der Waals surface area contributed by atoms with Gasteiger partial charge in [0, 0.05) is 31.4 Å². The van der Waals surface area contributed by atoms with Crippen LogP contribution in [0.25, 0.3) is 5.65 Å². The predicted molar refractivity (Wildman–Crippen MR) is 99.1 cm³/mol. The average Bonchev–Trinajstić information content (AvgIpc) is 3.13. The molecule has 0 spiro atoms. The van der Waals surface area contributed by atoms with Crippen molar-refractivity contribution in [2.24, 2.45) is 11.7 Å². The molecular weight excluding hydrogens is 328 g/mol. The molecule has 0 aliphatic carbocycles. The molecule has 2 aromatic heterocycles. The Morgan fingerprint density at radius 1 is 1.12 bits per heavy atom. The summed E-state index contributed by atoms with van der Waals surface area (Å²) < 4.78 is 1.40. The van der Waals surface area contributed by atoms with Crippen molar-refractivity contribution in [2.45, 2.75) is 5.92 Å². The summed E-state index contributed by atoms with van der Waals surface area (Å²) in [6.07, 6.45) is 3.01. The highest BCUT2D eigenvalue weighted by molar-refractivity contribution is 5.94. The number of hydrogen-bond acceptors (Lipinski definition) is 4. The van der Waals surface area contributed by atoms with Gasteiger partial charge in [-0.1, -0.05) is 36.4 Å². The van der Waals surface area contributed by atoms with Gasteiger partial charge in [0.15, 0.2) is 0 Å². The van der Waals surface area contributed by atoms with Gasteiger partial charge in [0.1, 0.15) is 11.2 Å². The molecule has 0 saturated carbocycles. The van der Waals surface area contributed by atoms with E-state index in [4.69, 9.17) is 5.73 Å². The number of carbonyl (C=O) groups is 1. The number of likely N-dealkylation sites (tertiary alicyclic amines) is 1. The van der Waals surface area contributed by atoms with Gasteiger partial charge in [0.2, 0.25) is 0 Å². The highest BCUT2D eigenvalue weighted by Gasteiger charge is 2.36. The number of hydrogen-bond donors (Lipinski definition) is 1. The second-order valence-electron chi connectivity index (χ2n) is 6.63. The third-order valence-corrected chi connectivity index (χ3v) is 5.10. The van der Waals surface area contributed by atoms with E-state index < -0.39 is 0 Å². The Morgan fingerprint density at radius 3 is 2.65 bits per heavy atom. The first-order chi connectivity index (χ1) is 12.7. The zero-order valence-electron chi connectivity index (χ0n) is 14.3. The molecule has 132 valence electrons. The molecule has 6 nitrogen and oxygen atoms in total. The zero-order chi connectivity index (χ0) is 18.1. The van der Waals surface area contributed by atoms with Crippen LogP contribution in [-0.4, -0.2) is 39.8 Å². The summed E-state index contributed by atoms with van der Waals surface area (Å²) in [6.45, 7) is 1.60. The molecule has 1 aliphatic heterocycles. The van der Waals surface area contributed by atoms with E-state index in [1.54, 1.807) is 29.3 Å². The van der Waals surface area contributed by atoms with Crippen LogP contribution >= 0.6 is 0 Å². The number of amides is 1. The van der Waals surface area contributed by atoms with Crippen molar-refractivity contribution in [3.63, 3.8) is 0 Å². The molecule has 3 aromatic rings. The fourth-order valence-electron chi connectivity index (χ4n) is 3.70. The molecule has 0 radical (unpaired) electrons. The molecule has 1 aromatic carbocycles. The topological polar surface area (TPSA) is 80.7 Å². The van der Waals surface area contributed by atoms with Crippen molar-refractivity contribution in [3.8, 4) is 0 Å². The molecule has 4 rings (SSSR count). The van der Waals surface area contributed by atoms with E-state index in [-0.39, 0.29) is 28.9 Å². The van der Waals surface area contributed by atoms with Crippen molar-refractivity contribution >= 4 is 11.6 Å². The molecule has 0 bridgehead atoms. The normalized spacial score (nSPS) is 19.8. The van der Waals surface area contributed by atoms with Crippen LogP contribution in [0.4, 0.5) is 0 Å². The fraction of sp³-hybridized carbons (Fsp3) is 0.250. The predicted octanol–water partition coefficient (Wildman–Crippen LogP) is 1.51. The van der Waals surface area contributed by atoms with Crippen LogP contribution in [0, 0.1) is 5.92 Å². The standard InChI is InChI=1S/C20H20N4O2/c21-10-15-12-23(13-17(15)14-6-2-1-3-7-14)19(25)16-11-22-18-8-4-5-9-24(18)20(16)26/h1-9,11,15,17H,10,12-13,21H2/t15-,17+/m1/s1. The van der Waals surface area contributed by atoms with E-state index in [2.05, 4.69) is 17.1 Å². The molecule has 26 heavy (non-hydrogen) atoms. The second-order valence-corrected chi connectivity index (χ2v) is 6.63. The fourth-order valence-corrected chi connectivity index (χ4v) is 3.70. The van der Waals surface area contributed by atoms with Crippen molar-refractivity contribution in [3.05, 3.63) is 82.4 Å². The maximum absolute atomic E-state index is 13.0. The van der Waals surface area contributed by atoms with Gasteiger partial charge in [-0.3, -0.25) is 14.0 Å². The maximum atomic E-state index is 13.0. The molecule has 2 N–H and O–H groups in total. The number of rotatable bonds is 3. The molecule has 1 fully saturated rings. The monoisotopic (exact) mass is 348 g/mol. The Labute approximate surface area is 150 Å². The van der Waals surface area contributed by atoms with Crippen molar-refractivity contribution in [1.82, 2.24) is 14.3 Å². The van der Waals surface area contributed by atoms with E-state index in [9.17, 15) is 9.59 Å². The average molecular weight is 348 g/mol. The number of benzene rings is 1. The SMILES string of the molecule is NC[C@@H]1CN(C(=O)c2cnc3ccccn3c2=O)C[C@H]1c1ccccc1. The molecule has 0 unspecified atom stereocenters. The summed E-state index contributed by atoms with van der Waals surface area (Å²) in [5.74, 6) is 0.0801. The number of carbonyl (C=O) groups excluding carboxylic acids is 1. The lowest BCUT2D eigenvalue weighted by molar-refractivity contribution is 0.0784. The van der Waals surface area contributed by atoms with Gasteiger partial charge in [0.25, 0.3) is 11.5 Å². The molecule has 6 heteroatoms. The zero-order valence-corrected chi connectivity index (χ0v) is 14.3. The van der Waals surface area contributed by atoms with E-state index in [1.165, 1.54) is 16.2 Å². The van der Waals surface area contributed by atoms with Gasteiger partial charge in [0.05, 0.1) is 0 Å². The number of nitrogens with two attached hydrogens (primary N) is 1. The summed E-state index contributed by atoms with van der Waals surface area (Å²) in [5.41, 5.74) is 7.40. The van der Waals surface area contributed by atoms with Crippen LogP contribution in [-0.2, 0) is 0 Å². The van der Waals surface area contributed by atoms with E-state index in [1.807, 2.05) is 18.2 Å². The van der Waals surface area contributed by atoms with Gasteiger partial charge < -0.3 is 10.6 Å². The lowest BCUT2D eigenvalue weighted by Gasteiger charge is -2.16. The van der Waals surface area contributed by atoms with Crippen LogP contribution < -0.4 is 11.3 Å². The Morgan fingerprint density at radius 2 is 1.88 bits per heavy atom. The van der Waals surface area contributed by atoms with Crippen LogP contribution in [0.2, 0.25) is 0 Å². The van der Waals surface area contributed by atoms with Crippen LogP contribution in [0.5, 0.6) is 0 Å². The van der Waals surface area contributed by atoms with Crippen molar-refractivity contribution < 1.29 is 4.79 Å². The number of nitrogens with zero attached hydrogens (tertiary/aromatic N) is 3. The maximum Gasteiger partial charge on any atom is 0.270 e. The Hall–Kier alpha value is -2.99. The quantitative estimate of drug-likeness (QED) is 0.778. The summed E-state index contributed by atoms with van der Waals surface area (Å²) >= 11 is 0. The minimum absolute atomic E-state index is 0.0955. The summed E-state index contributed by atoms with van der Waals surface area (Å²) in [4.78, 5) is 31.6. The van der Waals surface area contributed by atoms with Gasteiger partial charge in [-0.25, -0.2) is 4.98 Å². The van der Waals surface area contributed by atoms with E-state index in [0.29, 0.717) is 25.3 Å². The summed E-state index contributed by atoms with van der Waals surface area (Å²) in [6, 6.07) is 15.4. The Kier molecular flexibility index (Phi) is 4.26. The first-order valence-electron chi connectivity index (χ1n) is 8.69. The third-order valence-electron chi connectivity index (χ3n) is 5.10. The molecular formula is C20H20N4O2. The molecule has 3 heterocycles. The Bertz CT molecular complexity index is 999. The lowest BCUT2D eigenvalue weighted by Crippen LogP contribution is -2.35.